The number of hydrogen-bond acceptors (Lipinski definition) is 4. The number of ether oxygens (including phenoxy) is 3. The Balaban J connectivity index is 2.65. The Morgan fingerprint density at radius 3 is 2.08 bits per heavy atom. The smallest absolute Gasteiger partial charge is 0.203 e. The summed E-state index contributed by atoms with van der Waals surface area (Å²) in [5.74, 6) is 3.43. The zero-order valence-corrected chi connectivity index (χ0v) is 17.3. The second-order valence-electron chi connectivity index (χ2n) is 6.83. The van der Waals surface area contributed by atoms with Crippen molar-refractivity contribution >= 4 is 5.96 Å². The van der Waals surface area contributed by atoms with Gasteiger partial charge in [-0.15, -0.1) is 0 Å². The highest BCUT2D eigenvalue weighted by Crippen LogP contribution is 2.38. The van der Waals surface area contributed by atoms with Crippen LogP contribution in [0.1, 0.15) is 45.6 Å². The molecule has 0 radical (unpaired) electrons. The van der Waals surface area contributed by atoms with Crippen LogP contribution in [0.15, 0.2) is 17.1 Å². The van der Waals surface area contributed by atoms with Gasteiger partial charge in [-0.05, 0) is 37.0 Å². The molecule has 0 aliphatic heterocycles. The number of nitrogens with zero attached hydrogens (tertiary/aromatic N) is 1. The summed E-state index contributed by atoms with van der Waals surface area (Å²) in [4.78, 5) is 4.31. The van der Waals surface area contributed by atoms with Gasteiger partial charge in [0.15, 0.2) is 17.5 Å². The van der Waals surface area contributed by atoms with Gasteiger partial charge in [-0.2, -0.15) is 0 Å². The minimum atomic E-state index is 0.375. The minimum absolute atomic E-state index is 0.375. The van der Waals surface area contributed by atoms with Crippen LogP contribution < -0.4 is 24.8 Å². The van der Waals surface area contributed by atoms with E-state index in [-0.39, 0.29) is 0 Å². The van der Waals surface area contributed by atoms with Crippen molar-refractivity contribution in [1.82, 2.24) is 10.6 Å². The van der Waals surface area contributed by atoms with Crippen LogP contribution in [0.2, 0.25) is 0 Å². The van der Waals surface area contributed by atoms with Gasteiger partial charge in [-0.25, -0.2) is 0 Å². The molecule has 1 aromatic carbocycles. The number of guanidine groups is 1. The van der Waals surface area contributed by atoms with Crippen molar-refractivity contribution in [3.05, 3.63) is 17.7 Å². The van der Waals surface area contributed by atoms with E-state index in [4.69, 9.17) is 14.2 Å². The average Bonchev–Trinajstić information content (AvgIpc) is 2.63. The van der Waals surface area contributed by atoms with Crippen molar-refractivity contribution < 1.29 is 14.2 Å². The van der Waals surface area contributed by atoms with Crippen LogP contribution in [0, 0.1) is 5.92 Å². The first-order valence-electron chi connectivity index (χ1n) is 9.21. The molecule has 0 spiro atoms. The van der Waals surface area contributed by atoms with Crippen LogP contribution in [0.3, 0.4) is 0 Å². The Labute approximate surface area is 158 Å². The first kappa shape index (κ1) is 21.9. The Bertz CT molecular complexity index is 548. The van der Waals surface area contributed by atoms with Crippen LogP contribution in [-0.2, 0) is 6.54 Å². The largest absolute Gasteiger partial charge is 0.493 e. The standard InChI is InChI=1S/C20H35N3O3/c1-14(2)9-8-10-15(3)23-20(21-4)22-13-16-11-17(24-5)19(26-7)18(12-16)25-6/h11-12,14-15H,8-10,13H2,1-7H3,(H2,21,22,23). The highest BCUT2D eigenvalue weighted by atomic mass is 16.5. The predicted octanol–water partition coefficient (Wildman–Crippen LogP) is 3.59. The lowest BCUT2D eigenvalue weighted by molar-refractivity contribution is 0.323. The van der Waals surface area contributed by atoms with E-state index in [9.17, 15) is 0 Å². The van der Waals surface area contributed by atoms with Gasteiger partial charge in [-0.3, -0.25) is 4.99 Å². The molecule has 0 fully saturated rings. The molecule has 0 amide bonds. The molecule has 0 aromatic heterocycles. The predicted molar refractivity (Wildman–Crippen MR) is 108 cm³/mol. The molecule has 26 heavy (non-hydrogen) atoms. The fourth-order valence-corrected chi connectivity index (χ4v) is 2.76. The summed E-state index contributed by atoms with van der Waals surface area (Å²) in [5, 5.41) is 6.78. The van der Waals surface area contributed by atoms with Gasteiger partial charge in [0.2, 0.25) is 5.75 Å². The highest BCUT2D eigenvalue weighted by molar-refractivity contribution is 5.79. The molecule has 1 atom stereocenters. The summed E-state index contributed by atoms with van der Waals surface area (Å²) in [7, 11) is 6.62. The highest BCUT2D eigenvalue weighted by Gasteiger charge is 2.13. The molecule has 0 aliphatic carbocycles. The Hall–Kier alpha value is -2.11. The maximum absolute atomic E-state index is 5.40. The SMILES string of the molecule is CN=C(NCc1cc(OC)c(OC)c(OC)c1)NC(C)CCCC(C)C. The number of nitrogens with one attached hydrogen (secondary N) is 2. The molecule has 1 aromatic rings. The maximum Gasteiger partial charge on any atom is 0.203 e. The minimum Gasteiger partial charge on any atom is -0.493 e. The number of rotatable bonds is 10. The molecule has 1 rings (SSSR count). The molecule has 0 saturated carbocycles. The molecule has 6 heteroatoms. The lowest BCUT2D eigenvalue weighted by Crippen LogP contribution is -2.41. The molecule has 6 nitrogen and oxygen atoms in total. The monoisotopic (exact) mass is 365 g/mol. The molecule has 1 unspecified atom stereocenters. The second-order valence-corrected chi connectivity index (χ2v) is 6.83. The fourth-order valence-electron chi connectivity index (χ4n) is 2.76. The molecule has 148 valence electrons. The quantitative estimate of drug-likeness (QED) is 0.490. The van der Waals surface area contributed by atoms with E-state index in [0.717, 1.165) is 23.9 Å². The van der Waals surface area contributed by atoms with Gasteiger partial charge >= 0.3 is 0 Å². The summed E-state index contributed by atoms with van der Waals surface area (Å²) < 4.78 is 16.2. The van der Waals surface area contributed by atoms with E-state index < -0.39 is 0 Å². The molecule has 2 N–H and O–H groups in total. The summed E-state index contributed by atoms with van der Waals surface area (Å²) in [6, 6.07) is 4.25. The van der Waals surface area contributed by atoms with Crippen LogP contribution in [0.4, 0.5) is 0 Å². The van der Waals surface area contributed by atoms with E-state index >= 15 is 0 Å². The Kier molecular flexibility index (Phi) is 9.70. The Morgan fingerprint density at radius 2 is 1.62 bits per heavy atom. The van der Waals surface area contributed by atoms with Gasteiger partial charge in [0, 0.05) is 19.6 Å². The van der Waals surface area contributed by atoms with Crippen molar-refractivity contribution in [2.24, 2.45) is 10.9 Å². The van der Waals surface area contributed by atoms with E-state index in [1.807, 2.05) is 12.1 Å². The van der Waals surface area contributed by atoms with Crippen LogP contribution >= 0.6 is 0 Å². The molecule has 0 bridgehead atoms. The van der Waals surface area contributed by atoms with Crippen LogP contribution in [-0.4, -0.2) is 40.4 Å². The summed E-state index contributed by atoms with van der Waals surface area (Å²) >= 11 is 0. The third-order valence-electron chi connectivity index (χ3n) is 4.21. The van der Waals surface area contributed by atoms with E-state index in [0.29, 0.717) is 29.8 Å². The normalized spacial score (nSPS) is 12.7. The third kappa shape index (κ3) is 7.02. The van der Waals surface area contributed by atoms with Crippen LogP contribution in [0.25, 0.3) is 0 Å². The Morgan fingerprint density at radius 1 is 1.00 bits per heavy atom. The number of aliphatic imine (C=N–C) groups is 1. The maximum atomic E-state index is 5.40. The second kappa shape index (κ2) is 11.5. The number of methoxy groups -OCH3 is 3. The lowest BCUT2D eigenvalue weighted by Gasteiger charge is -2.19. The van der Waals surface area contributed by atoms with Gasteiger partial charge < -0.3 is 24.8 Å². The van der Waals surface area contributed by atoms with E-state index in [1.165, 1.54) is 12.8 Å². The van der Waals surface area contributed by atoms with E-state index in [2.05, 4.69) is 36.4 Å². The van der Waals surface area contributed by atoms with Crippen LogP contribution in [0.5, 0.6) is 17.2 Å². The van der Waals surface area contributed by atoms with Gasteiger partial charge in [0.25, 0.3) is 0 Å². The van der Waals surface area contributed by atoms with Crippen molar-refractivity contribution in [2.75, 3.05) is 28.4 Å². The first-order chi connectivity index (χ1) is 12.4. The zero-order chi connectivity index (χ0) is 19.5. The summed E-state index contributed by atoms with van der Waals surface area (Å²) in [6.07, 6.45) is 3.60. The van der Waals surface area contributed by atoms with Crippen molar-refractivity contribution in [1.29, 1.82) is 0 Å². The molecule has 0 heterocycles. The topological polar surface area (TPSA) is 64.1 Å². The van der Waals surface area contributed by atoms with E-state index in [1.54, 1.807) is 28.4 Å². The zero-order valence-electron chi connectivity index (χ0n) is 17.3. The fraction of sp³-hybridized carbons (Fsp3) is 0.650. The van der Waals surface area contributed by atoms with Crippen molar-refractivity contribution in [2.45, 2.75) is 52.6 Å². The molecular weight excluding hydrogens is 330 g/mol. The lowest BCUT2D eigenvalue weighted by atomic mass is 10.0. The van der Waals surface area contributed by atoms with Gasteiger partial charge in [0.05, 0.1) is 21.3 Å². The number of benzene rings is 1. The first-order valence-corrected chi connectivity index (χ1v) is 9.21. The number of hydrogen-bond donors (Lipinski definition) is 2. The van der Waals surface area contributed by atoms with Gasteiger partial charge in [-0.1, -0.05) is 26.7 Å². The van der Waals surface area contributed by atoms with Crippen molar-refractivity contribution in [3.63, 3.8) is 0 Å². The average molecular weight is 366 g/mol. The molecule has 0 saturated heterocycles. The van der Waals surface area contributed by atoms with Crippen molar-refractivity contribution in [3.8, 4) is 17.2 Å². The molecule has 0 aliphatic rings. The van der Waals surface area contributed by atoms with Gasteiger partial charge in [0.1, 0.15) is 0 Å². The molecular formula is C20H35N3O3. The summed E-state index contributed by atoms with van der Waals surface area (Å²) in [5.41, 5.74) is 1.02. The third-order valence-corrected chi connectivity index (χ3v) is 4.21. The summed E-state index contributed by atoms with van der Waals surface area (Å²) in [6.45, 7) is 7.31.